The summed E-state index contributed by atoms with van der Waals surface area (Å²) < 4.78 is 29.4. The minimum absolute atomic E-state index is 0.0825. The molecule has 1 aromatic rings. The zero-order valence-electron chi connectivity index (χ0n) is 12.5. The van der Waals surface area contributed by atoms with Gasteiger partial charge in [0.05, 0.1) is 17.7 Å². The summed E-state index contributed by atoms with van der Waals surface area (Å²) in [5.74, 6) is -0.334. The number of methoxy groups -OCH3 is 1. The number of ether oxygens (including phenoxy) is 1. The molecule has 0 saturated carbocycles. The highest BCUT2D eigenvalue weighted by Crippen LogP contribution is 2.24. The summed E-state index contributed by atoms with van der Waals surface area (Å²) in [7, 11) is -2.36. The maximum absolute atomic E-state index is 12.2. The summed E-state index contributed by atoms with van der Waals surface area (Å²) in [5.41, 5.74) is 5.78. The average Bonchev–Trinajstić information content (AvgIpc) is 2.38. The van der Waals surface area contributed by atoms with Gasteiger partial charge in [0.1, 0.15) is 11.5 Å². The van der Waals surface area contributed by atoms with Crippen molar-refractivity contribution in [2.75, 3.05) is 25.1 Å². The Balaban J connectivity index is 2.79. The minimum atomic E-state index is -3.79. The first-order chi connectivity index (χ1) is 9.76. The van der Waals surface area contributed by atoms with E-state index in [0.29, 0.717) is 18.2 Å². The van der Waals surface area contributed by atoms with Crippen LogP contribution in [0.1, 0.15) is 20.3 Å². The van der Waals surface area contributed by atoms with Crippen LogP contribution in [0.25, 0.3) is 0 Å². The first-order valence-electron chi connectivity index (χ1n) is 6.69. The van der Waals surface area contributed by atoms with Crippen LogP contribution in [0.4, 0.5) is 5.69 Å². The van der Waals surface area contributed by atoms with Crippen LogP contribution < -0.4 is 15.8 Å². The summed E-state index contributed by atoms with van der Waals surface area (Å²) in [4.78, 5) is 11.6. The van der Waals surface area contributed by atoms with Gasteiger partial charge in [-0.05, 0) is 24.5 Å². The van der Waals surface area contributed by atoms with Crippen LogP contribution in [0.3, 0.4) is 0 Å². The molecule has 1 aromatic carbocycles. The monoisotopic (exact) mass is 314 g/mol. The van der Waals surface area contributed by atoms with Gasteiger partial charge in [-0.3, -0.25) is 4.79 Å². The SMILES string of the molecule is COc1ccc(N)c(S(=O)(=O)CC(=O)NCCC(C)C)c1. The normalized spacial score (nSPS) is 11.4. The molecule has 0 fully saturated rings. The van der Waals surface area contributed by atoms with Crippen LogP contribution in [0.2, 0.25) is 0 Å². The van der Waals surface area contributed by atoms with Crippen molar-refractivity contribution in [3.05, 3.63) is 18.2 Å². The van der Waals surface area contributed by atoms with Gasteiger partial charge in [0, 0.05) is 12.6 Å². The van der Waals surface area contributed by atoms with E-state index in [0.717, 1.165) is 6.42 Å². The number of hydrogen-bond donors (Lipinski definition) is 2. The fourth-order valence-electron chi connectivity index (χ4n) is 1.71. The number of amides is 1. The van der Waals surface area contributed by atoms with E-state index in [1.165, 1.54) is 19.2 Å². The van der Waals surface area contributed by atoms with Gasteiger partial charge >= 0.3 is 0 Å². The third kappa shape index (κ3) is 5.26. The quantitative estimate of drug-likeness (QED) is 0.737. The lowest BCUT2D eigenvalue weighted by molar-refractivity contribution is -0.118. The van der Waals surface area contributed by atoms with Crippen molar-refractivity contribution >= 4 is 21.4 Å². The number of nitrogens with one attached hydrogen (secondary N) is 1. The van der Waals surface area contributed by atoms with E-state index in [1.54, 1.807) is 6.07 Å². The summed E-state index contributed by atoms with van der Waals surface area (Å²) in [5, 5.41) is 2.60. The van der Waals surface area contributed by atoms with Gasteiger partial charge in [-0.2, -0.15) is 0 Å². The lowest BCUT2D eigenvalue weighted by atomic mass is 10.1. The maximum atomic E-state index is 12.2. The number of nitrogen functional groups attached to an aromatic ring is 1. The Kier molecular flexibility index (Phi) is 6.02. The molecule has 0 atom stereocenters. The van der Waals surface area contributed by atoms with Gasteiger partial charge in [0.25, 0.3) is 0 Å². The Labute approximate surface area is 125 Å². The molecule has 0 aliphatic rings. The topological polar surface area (TPSA) is 98.5 Å². The van der Waals surface area contributed by atoms with E-state index in [9.17, 15) is 13.2 Å². The summed E-state index contributed by atoms with van der Waals surface area (Å²) in [6.07, 6.45) is 0.799. The highest BCUT2D eigenvalue weighted by atomic mass is 32.2. The van der Waals surface area contributed by atoms with Gasteiger partial charge in [-0.15, -0.1) is 0 Å². The van der Waals surface area contributed by atoms with Crippen LogP contribution in [0.5, 0.6) is 5.75 Å². The number of sulfone groups is 1. The molecule has 0 heterocycles. The number of anilines is 1. The zero-order chi connectivity index (χ0) is 16.0. The second-order valence-electron chi connectivity index (χ2n) is 5.20. The lowest BCUT2D eigenvalue weighted by Gasteiger charge is -2.10. The molecule has 0 bridgehead atoms. The molecule has 118 valence electrons. The van der Waals surface area contributed by atoms with Crippen LogP contribution in [0.15, 0.2) is 23.1 Å². The molecule has 0 aliphatic carbocycles. The van der Waals surface area contributed by atoms with Gasteiger partial charge in [-0.25, -0.2) is 8.42 Å². The third-order valence-corrected chi connectivity index (χ3v) is 4.59. The highest BCUT2D eigenvalue weighted by molar-refractivity contribution is 7.92. The first-order valence-corrected chi connectivity index (χ1v) is 8.34. The molecule has 0 spiro atoms. The number of benzene rings is 1. The van der Waals surface area contributed by atoms with E-state index in [-0.39, 0.29) is 10.6 Å². The third-order valence-electron chi connectivity index (χ3n) is 2.92. The number of hydrogen-bond acceptors (Lipinski definition) is 5. The smallest absolute Gasteiger partial charge is 0.235 e. The van der Waals surface area contributed by atoms with E-state index < -0.39 is 21.5 Å². The molecule has 1 rings (SSSR count). The predicted molar refractivity (Wildman–Crippen MR) is 81.9 cm³/mol. The number of carbonyl (C=O) groups excluding carboxylic acids is 1. The predicted octanol–water partition coefficient (Wildman–Crippen LogP) is 1.21. The van der Waals surface area contributed by atoms with Crippen LogP contribution in [-0.4, -0.2) is 33.7 Å². The molecule has 1 amide bonds. The second kappa shape index (κ2) is 7.31. The average molecular weight is 314 g/mol. The molecule has 0 saturated heterocycles. The molecular formula is C14H22N2O4S. The van der Waals surface area contributed by atoms with Gasteiger partial charge < -0.3 is 15.8 Å². The molecule has 6 nitrogen and oxygen atoms in total. The summed E-state index contributed by atoms with van der Waals surface area (Å²) >= 11 is 0. The van der Waals surface area contributed by atoms with Crippen LogP contribution in [0, 0.1) is 5.92 Å². The molecule has 21 heavy (non-hydrogen) atoms. The second-order valence-corrected chi connectivity index (χ2v) is 7.15. The van der Waals surface area contributed by atoms with Crippen molar-refractivity contribution in [3.63, 3.8) is 0 Å². The molecule has 0 unspecified atom stereocenters. The van der Waals surface area contributed by atoms with Gasteiger partial charge in [0.15, 0.2) is 9.84 Å². The summed E-state index contributed by atoms with van der Waals surface area (Å²) in [6.45, 7) is 4.51. The Hall–Kier alpha value is -1.76. The summed E-state index contributed by atoms with van der Waals surface area (Å²) in [6, 6.07) is 4.34. The fourth-order valence-corrected chi connectivity index (χ4v) is 3.04. The Morgan fingerprint density at radius 3 is 2.62 bits per heavy atom. The van der Waals surface area contributed by atoms with E-state index in [1.807, 2.05) is 13.8 Å². The highest BCUT2D eigenvalue weighted by Gasteiger charge is 2.22. The fraction of sp³-hybridized carbons (Fsp3) is 0.500. The Morgan fingerprint density at radius 2 is 2.05 bits per heavy atom. The lowest BCUT2D eigenvalue weighted by Crippen LogP contribution is -2.31. The molecular weight excluding hydrogens is 292 g/mol. The van der Waals surface area contributed by atoms with E-state index in [4.69, 9.17) is 10.5 Å². The molecule has 0 aromatic heterocycles. The van der Waals surface area contributed by atoms with E-state index in [2.05, 4.69) is 5.32 Å². The van der Waals surface area contributed by atoms with Crippen molar-refractivity contribution in [1.29, 1.82) is 0 Å². The minimum Gasteiger partial charge on any atom is -0.497 e. The molecule has 3 N–H and O–H groups in total. The van der Waals surface area contributed by atoms with Crippen LogP contribution in [-0.2, 0) is 14.6 Å². The Bertz CT molecular complexity index is 597. The largest absolute Gasteiger partial charge is 0.497 e. The van der Waals surface area contributed by atoms with Crippen molar-refractivity contribution in [2.45, 2.75) is 25.2 Å². The molecule has 7 heteroatoms. The van der Waals surface area contributed by atoms with Crippen molar-refractivity contribution < 1.29 is 17.9 Å². The van der Waals surface area contributed by atoms with Crippen LogP contribution >= 0.6 is 0 Å². The van der Waals surface area contributed by atoms with Gasteiger partial charge in [-0.1, -0.05) is 13.8 Å². The van der Waals surface area contributed by atoms with Crippen molar-refractivity contribution in [3.8, 4) is 5.75 Å². The zero-order valence-corrected chi connectivity index (χ0v) is 13.4. The first kappa shape index (κ1) is 17.3. The molecule has 0 radical (unpaired) electrons. The molecule has 0 aliphatic heterocycles. The van der Waals surface area contributed by atoms with E-state index >= 15 is 0 Å². The van der Waals surface area contributed by atoms with Gasteiger partial charge in [0.2, 0.25) is 5.91 Å². The standard InChI is InChI=1S/C14H22N2O4S/c1-10(2)6-7-16-14(17)9-21(18,19)13-8-11(20-3)4-5-12(13)15/h4-5,8,10H,6-7,9,15H2,1-3H3,(H,16,17). The number of nitrogens with two attached hydrogens (primary N) is 1. The Morgan fingerprint density at radius 1 is 1.38 bits per heavy atom. The van der Waals surface area contributed by atoms with Crippen molar-refractivity contribution in [2.24, 2.45) is 5.92 Å². The van der Waals surface area contributed by atoms with Crippen molar-refractivity contribution in [1.82, 2.24) is 5.32 Å². The number of carbonyl (C=O) groups is 1. The maximum Gasteiger partial charge on any atom is 0.235 e. The number of rotatable bonds is 7.